The highest BCUT2D eigenvalue weighted by Crippen LogP contribution is 2.19. The van der Waals surface area contributed by atoms with Crippen LogP contribution in [0.25, 0.3) is 10.9 Å². The lowest BCUT2D eigenvalue weighted by atomic mass is 10.1. The SMILES string of the molecule is Cn1nc(CC(=O)Cc2csc(N)n2)c2ccccc21. The van der Waals surface area contributed by atoms with Gasteiger partial charge in [0, 0.05) is 17.8 Å². The van der Waals surface area contributed by atoms with E-state index in [4.69, 9.17) is 5.73 Å². The summed E-state index contributed by atoms with van der Waals surface area (Å²) in [7, 11) is 1.89. The number of hydrogen-bond acceptors (Lipinski definition) is 5. The number of nitrogens with zero attached hydrogens (tertiary/aromatic N) is 3. The van der Waals surface area contributed by atoms with Crippen molar-refractivity contribution < 1.29 is 4.79 Å². The molecule has 3 rings (SSSR count). The van der Waals surface area contributed by atoms with Crippen LogP contribution in [-0.2, 0) is 24.7 Å². The molecule has 0 aliphatic carbocycles. The van der Waals surface area contributed by atoms with E-state index in [9.17, 15) is 4.79 Å². The second-order valence-electron chi connectivity index (χ2n) is 4.66. The highest BCUT2D eigenvalue weighted by Gasteiger charge is 2.13. The van der Waals surface area contributed by atoms with Crippen LogP contribution in [0.4, 0.5) is 5.13 Å². The van der Waals surface area contributed by atoms with E-state index in [1.54, 1.807) is 4.68 Å². The third-order valence-corrected chi connectivity index (χ3v) is 3.87. The molecule has 2 aromatic heterocycles. The highest BCUT2D eigenvalue weighted by molar-refractivity contribution is 7.13. The number of ketones is 1. The Hall–Kier alpha value is -2.21. The fourth-order valence-corrected chi connectivity index (χ4v) is 2.84. The summed E-state index contributed by atoms with van der Waals surface area (Å²) in [6.07, 6.45) is 0.622. The molecule has 0 aliphatic heterocycles. The predicted molar refractivity (Wildman–Crippen MR) is 79.7 cm³/mol. The number of thiazole rings is 1. The molecule has 20 heavy (non-hydrogen) atoms. The van der Waals surface area contributed by atoms with Crippen LogP contribution in [0.15, 0.2) is 29.6 Å². The first kappa shape index (κ1) is 12.8. The molecular weight excluding hydrogens is 272 g/mol. The van der Waals surface area contributed by atoms with E-state index < -0.39 is 0 Å². The van der Waals surface area contributed by atoms with E-state index in [-0.39, 0.29) is 5.78 Å². The van der Waals surface area contributed by atoms with Crippen molar-refractivity contribution in [2.24, 2.45) is 7.05 Å². The van der Waals surface area contributed by atoms with Gasteiger partial charge in [-0.15, -0.1) is 11.3 Å². The van der Waals surface area contributed by atoms with Gasteiger partial charge in [-0.05, 0) is 6.07 Å². The summed E-state index contributed by atoms with van der Waals surface area (Å²) in [6.45, 7) is 0. The van der Waals surface area contributed by atoms with Crippen molar-refractivity contribution in [3.05, 3.63) is 41.0 Å². The summed E-state index contributed by atoms with van der Waals surface area (Å²) in [5.41, 5.74) is 8.15. The predicted octanol–water partition coefficient (Wildman–Crippen LogP) is 1.97. The Kier molecular flexibility index (Phi) is 3.23. The van der Waals surface area contributed by atoms with Gasteiger partial charge in [-0.3, -0.25) is 9.48 Å². The number of hydrogen-bond donors (Lipinski definition) is 1. The van der Waals surface area contributed by atoms with Crippen LogP contribution < -0.4 is 5.73 Å². The molecule has 0 spiro atoms. The number of Topliss-reactive ketones (excluding diaryl/α,β-unsaturated/α-hetero) is 1. The molecule has 0 amide bonds. The molecule has 6 heteroatoms. The quantitative estimate of drug-likeness (QED) is 0.795. The Morgan fingerprint density at radius 2 is 2.15 bits per heavy atom. The van der Waals surface area contributed by atoms with Gasteiger partial charge in [0.25, 0.3) is 0 Å². The second kappa shape index (κ2) is 5.05. The van der Waals surface area contributed by atoms with Gasteiger partial charge >= 0.3 is 0 Å². The average molecular weight is 286 g/mol. The number of para-hydroxylation sites is 1. The molecule has 0 bridgehead atoms. The summed E-state index contributed by atoms with van der Waals surface area (Å²) in [5.74, 6) is 0.0964. The van der Waals surface area contributed by atoms with Gasteiger partial charge in [-0.1, -0.05) is 18.2 Å². The summed E-state index contributed by atoms with van der Waals surface area (Å²) in [5, 5.41) is 7.78. The molecule has 3 aromatic rings. The zero-order valence-electron chi connectivity index (χ0n) is 11.0. The lowest BCUT2D eigenvalue weighted by Gasteiger charge is -1.96. The Morgan fingerprint density at radius 3 is 2.90 bits per heavy atom. The van der Waals surface area contributed by atoms with E-state index in [0.717, 1.165) is 22.3 Å². The minimum absolute atomic E-state index is 0.0964. The molecule has 0 fully saturated rings. The van der Waals surface area contributed by atoms with Crippen LogP contribution in [-0.4, -0.2) is 20.5 Å². The molecule has 102 valence electrons. The number of fused-ring (bicyclic) bond motifs is 1. The molecule has 0 saturated carbocycles. The van der Waals surface area contributed by atoms with E-state index in [2.05, 4.69) is 10.1 Å². The van der Waals surface area contributed by atoms with Crippen LogP contribution >= 0.6 is 11.3 Å². The van der Waals surface area contributed by atoms with Crippen molar-refractivity contribution >= 4 is 33.2 Å². The molecular formula is C14H14N4OS. The second-order valence-corrected chi connectivity index (χ2v) is 5.55. The van der Waals surface area contributed by atoms with Gasteiger partial charge in [0.1, 0.15) is 5.78 Å². The molecule has 1 aromatic carbocycles. The smallest absolute Gasteiger partial charge is 0.180 e. The zero-order chi connectivity index (χ0) is 14.1. The number of anilines is 1. The fourth-order valence-electron chi connectivity index (χ4n) is 2.27. The van der Waals surface area contributed by atoms with Crippen LogP contribution in [0.5, 0.6) is 0 Å². The van der Waals surface area contributed by atoms with Gasteiger partial charge in [0.05, 0.1) is 29.7 Å². The molecule has 5 nitrogen and oxygen atoms in total. The van der Waals surface area contributed by atoms with E-state index in [0.29, 0.717) is 18.0 Å². The number of aryl methyl sites for hydroxylation is 1. The summed E-state index contributed by atoms with van der Waals surface area (Å²) in [4.78, 5) is 16.2. The highest BCUT2D eigenvalue weighted by atomic mass is 32.1. The third kappa shape index (κ3) is 2.42. The maximum atomic E-state index is 12.1. The fraction of sp³-hybridized carbons (Fsp3) is 0.214. The first-order valence-electron chi connectivity index (χ1n) is 6.25. The standard InChI is InChI=1S/C14H14N4OS/c1-18-13-5-3-2-4-11(13)12(17-18)7-10(19)6-9-8-20-14(15)16-9/h2-5,8H,6-7H2,1H3,(H2,15,16). The number of rotatable bonds is 4. The molecule has 0 radical (unpaired) electrons. The number of carbonyl (C=O) groups excluding carboxylic acids is 1. The lowest BCUT2D eigenvalue weighted by Crippen LogP contribution is -2.08. The Balaban J connectivity index is 1.81. The van der Waals surface area contributed by atoms with Gasteiger partial charge in [0.15, 0.2) is 5.13 Å². The van der Waals surface area contributed by atoms with Crippen molar-refractivity contribution in [3.8, 4) is 0 Å². The van der Waals surface area contributed by atoms with Crippen molar-refractivity contribution in [1.29, 1.82) is 0 Å². The first-order chi connectivity index (χ1) is 9.63. The van der Waals surface area contributed by atoms with Crippen molar-refractivity contribution in [2.45, 2.75) is 12.8 Å². The summed E-state index contributed by atoms with van der Waals surface area (Å²) in [6, 6.07) is 7.91. The maximum Gasteiger partial charge on any atom is 0.180 e. The van der Waals surface area contributed by atoms with Gasteiger partial charge < -0.3 is 5.73 Å². The monoisotopic (exact) mass is 286 g/mol. The van der Waals surface area contributed by atoms with Crippen molar-refractivity contribution in [1.82, 2.24) is 14.8 Å². The van der Waals surface area contributed by atoms with Gasteiger partial charge in [-0.25, -0.2) is 4.98 Å². The zero-order valence-corrected chi connectivity index (χ0v) is 11.9. The van der Waals surface area contributed by atoms with Gasteiger partial charge in [-0.2, -0.15) is 5.10 Å². The number of aromatic nitrogens is 3. The van der Waals surface area contributed by atoms with Crippen LogP contribution in [0.2, 0.25) is 0 Å². The van der Waals surface area contributed by atoms with Crippen LogP contribution in [0.1, 0.15) is 11.4 Å². The minimum Gasteiger partial charge on any atom is -0.375 e. The van der Waals surface area contributed by atoms with E-state index in [1.165, 1.54) is 11.3 Å². The van der Waals surface area contributed by atoms with Gasteiger partial charge in [0.2, 0.25) is 0 Å². The molecule has 0 unspecified atom stereocenters. The Labute approximate surface area is 120 Å². The molecule has 0 saturated heterocycles. The first-order valence-corrected chi connectivity index (χ1v) is 7.13. The largest absolute Gasteiger partial charge is 0.375 e. The van der Waals surface area contributed by atoms with Crippen LogP contribution in [0, 0.1) is 0 Å². The summed E-state index contributed by atoms with van der Waals surface area (Å²) < 4.78 is 1.80. The molecule has 0 aliphatic rings. The topological polar surface area (TPSA) is 73.8 Å². The Morgan fingerprint density at radius 1 is 1.35 bits per heavy atom. The average Bonchev–Trinajstić information content (AvgIpc) is 2.95. The normalized spacial score (nSPS) is 11.1. The van der Waals surface area contributed by atoms with E-state index in [1.807, 2.05) is 36.7 Å². The Bertz CT molecular complexity index is 774. The van der Waals surface area contributed by atoms with Crippen molar-refractivity contribution in [3.63, 3.8) is 0 Å². The molecule has 2 N–H and O–H groups in total. The van der Waals surface area contributed by atoms with Crippen molar-refractivity contribution in [2.75, 3.05) is 5.73 Å². The third-order valence-electron chi connectivity index (χ3n) is 3.15. The molecule has 2 heterocycles. The number of nitrogens with two attached hydrogens (primary N) is 1. The maximum absolute atomic E-state index is 12.1. The van der Waals surface area contributed by atoms with Crippen LogP contribution in [0.3, 0.4) is 0 Å². The minimum atomic E-state index is 0.0964. The lowest BCUT2D eigenvalue weighted by molar-refractivity contribution is -0.117. The van der Waals surface area contributed by atoms with E-state index >= 15 is 0 Å². The molecule has 0 atom stereocenters. The number of nitrogen functional groups attached to an aromatic ring is 1. The summed E-state index contributed by atoms with van der Waals surface area (Å²) >= 11 is 1.35. The number of carbonyl (C=O) groups is 1. The number of benzene rings is 1.